The van der Waals surface area contributed by atoms with Gasteiger partial charge in [0, 0.05) is 12.2 Å². The van der Waals surface area contributed by atoms with Crippen molar-refractivity contribution in [2.75, 3.05) is 37.9 Å². The van der Waals surface area contributed by atoms with Gasteiger partial charge in [-0.15, -0.1) is 0 Å². The lowest BCUT2D eigenvalue weighted by atomic mass is 9.98. The smallest absolute Gasteiger partial charge is 0.310 e. The molecule has 3 N–H and O–H groups in total. The van der Waals surface area contributed by atoms with E-state index in [0.29, 0.717) is 31.5 Å². The Morgan fingerprint density at radius 3 is 2.79 bits per heavy atom. The van der Waals surface area contributed by atoms with Crippen molar-refractivity contribution in [2.45, 2.75) is 26.3 Å². The molecule has 0 aliphatic carbocycles. The Morgan fingerprint density at radius 1 is 1.29 bits per heavy atom. The van der Waals surface area contributed by atoms with Crippen LogP contribution in [0.25, 0.3) is 0 Å². The number of methoxy groups -OCH3 is 1. The first-order valence-corrected chi connectivity index (χ1v) is 9.38. The number of ether oxygens (including phenoxy) is 2. The molecule has 1 aromatic carbocycles. The molecule has 150 valence electrons. The SMILES string of the molecule is CCOC(=O)[C@@H]1CCCN(Cc2nc(N)nc(Nc3ccc(OC)cc3)n2)C1. The van der Waals surface area contributed by atoms with Gasteiger partial charge in [-0.3, -0.25) is 9.69 Å². The molecule has 1 aliphatic heterocycles. The van der Waals surface area contributed by atoms with Crippen LogP contribution < -0.4 is 15.8 Å². The van der Waals surface area contributed by atoms with Crippen LogP contribution in [-0.2, 0) is 16.1 Å². The maximum atomic E-state index is 12.0. The Bertz CT molecular complexity index is 799. The van der Waals surface area contributed by atoms with E-state index < -0.39 is 0 Å². The Hall–Kier alpha value is -2.94. The van der Waals surface area contributed by atoms with Crippen molar-refractivity contribution < 1.29 is 14.3 Å². The molecule has 0 saturated carbocycles. The van der Waals surface area contributed by atoms with E-state index >= 15 is 0 Å². The second kappa shape index (κ2) is 9.32. The van der Waals surface area contributed by atoms with Gasteiger partial charge in [0.15, 0.2) is 0 Å². The first-order chi connectivity index (χ1) is 13.6. The van der Waals surface area contributed by atoms with Crippen LogP contribution in [0.2, 0.25) is 0 Å². The quantitative estimate of drug-likeness (QED) is 0.689. The van der Waals surface area contributed by atoms with Crippen molar-refractivity contribution in [3.05, 3.63) is 30.1 Å². The first-order valence-electron chi connectivity index (χ1n) is 9.38. The molecule has 1 saturated heterocycles. The molecule has 1 atom stereocenters. The topological polar surface area (TPSA) is 115 Å². The number of aromatic nitrogens is 3. The van der Waals surface area contributed by atoms with Gasteiger partial charge in [-0.2, -0.15) is 15.0 Å². The standard InChI is InChI=1S/C19H26N6O3/c1-3-28-17(26)13-5-4-10-25(11-13)12-16-22-18(20)24-19(23-16)21-14-6-8-15(27-2)9-7-14/h6-9,13H,3-5,10-12H2,1-2H3,(H3,20,21,22,23,24)/t13-/m1/s1. The summed E-state index contributed by atoms with van der Waals surface area (Å²) in [5, 5.41) is 3.13. The van der Waals surface area contributed by atoms with E-state index in [1.54, 1.807) is 7.11 Å². The third-order valence-corrected chi connectivity index (χ3v) is 4.54. The number of nitrogen functional groups attached to an aromatic ring is 1. The van der Waals surface area contributed by atoms with Crippen molar-refractivity contribution in [2.24, 2.45) is 5.92 Å². The summed E-state index contributed by atoms with van der Waals surface area (Å²) in [5.74, 6) is 1.62. The molecule has 28 heavy (non-hydrogen) atoms. The monoisotopic (exact) mass is 386 g/mol. The zero-order valence-electron chi connectivity index (χ0n) is 16.2. The summed E-state index contributed by atoms with van der Waals surface area (Å²) >= 11 is 0. The Kier molecular flexibility index (Phi) is 6.59. The van der Waals surface area contributed by atoms with Gasteiger partial charge >= 0.3 is 5.97 Å². The third kappa shape index (κ3) is 5.29. The Labute approximate surface area is 164 Å². The van der Waals surface area contributed by atoms with E-state index in [9.17, 15) is 4.79 Å². The summed E-state index contributed by atoms with van der Waals surface area (Å²) in [5.41, 5.74) is 6.68. The minimum absolute atomic E-state index is 0.107. The van der Waals surface area contributed by atoms with Gasteiger partial charge in [-0.1, -0.05) is 0 Å². The number of benzene rings is 1. The van der Waals surface area contributed by atoms with Crippen molar-refractivity contribution in [3.63, 3.8) is 0 Å². The summed E-state index contributed by atoms with van der Waals surface area (Å²) in [4.78, 5) is 27.0. The Morgan fingerprint density at radius 2 is 2.07 bits per heavy atom. The van der Waals surface area contributed by atoms with Crippen molar-refractivity contribution in [3.8, 4) is 5.75 Å². The van der Waals surface area contributed by atoms with Crippen molar-refractivity contribution >= 4 is 23.6 Å². The fourth-order valence-corrected chi connectivity index (χ4v) is 3.22. The number of nitrogens with one attached hydrogen (secondary N) is 1. The van der Waals surface area contributed by atoms with Gasteiger partial charge in [0.2, 0.25) is 11.9 Å². The van der Waals surface area contributed by atoms with E-state index in [1.165, 1.54) is 0 Å². The number of carbonyl (C=O) groups excluding carboxylic acids is 1. The summed E-state index contributed by atoms with van der Waals surface area (Å²) in [6, 6.07) is 7.42. The number of nitrogens with two attached hydrogens (primary N) is 1. The highest BCUT2D eigenvalue weighted by atomic mass is 16.5. The lowest BCUT2D eigenvalue weighted by Gasteiger charge is -2.30. The van der Waals surface area contributed by atoms with E-state index in [0.717, 1.165) is 30.8 Å². The highest BCUT2D eigenvalue weighted by Gasteiger charge is 2.27. The number of carbonyl (C=O) groups is 1. The number of likely N-dealkylation sites (tertiary alicyclic amines) is 1. The van der Waals surface area contributed by atoms with E-state index in [-0.39, 0.29) is 17.8 Å². The molecule has 9 heteroatoms. The molecule has 1 aliphatic rings. The number of hydrogen-bond donors (Lipinski definition) is 2. The van der Waals surface area contributed by atoms with E-state index in [2.05, 4.69) is 25.2 Å². The second-order valence-corrected chi connectivity index (χ2v) is 6.61. The molecule has 3 rings (SSSR count). The maximum absolute atomic E-state index is 12.0. The average molecular weight is 386 g/mol. The van der Waals surface area contributed by atoms with E-state index in [4.69, 9.17) is 15.2 Å². The van der Waals surface area contributed by atoms with E-state index in [1.807, 2.05) is 31.2 Å². The molecule has 2 heterocycles. The van der Waals surface area contributed by atoms with Crippen LogP contribution in [0.5, 0.6) is 5.75 Å². The fourth-order valence-electron chi connectivity index (χ4n) is 3.22. The first kappa shape index (κ1) is 19.8. The number of nitrogens with zero attached hydrogens (tertiary/aromatic N) is 4. The van der Waals surface area contributed by atoms with Crippen LogP contribution >= 0.6 is 0 Å². The van der Waals surface area contributed by atoms with Crippen LogP contribution in [0.3, 0.4) is 0 Å². The van der Waals surface area contributed by atoms with Crippen LogP contribution in [-0.4, -0.2) is 52.6 Å². The highest BCUT2D eigenvalue weighted by molar-refractivity contribution is 5.72. The summed E-state index contributed by atoms with van der Waals surface area (Å²) in [6.45, 7) is 4.23. The zero-order valence-corrected chi connectivity index (χ0v) is 16.2. The molecule has 0 radical (unpaired) electrons. The van der Waals surface area contributed by atoms with Crippen LogP contribution in [0.15, 0.2) is 24.3 Å². The molecular weight excluding hydrogens is 360 g/mol. The molecule has 0 spiro atoms. The maximum Gasteiger partial charge on any atom is 0.310 e. The minimum Gasteiger partial charge on any atom is -0.497 e. The summed E-state index contributed by atoms with van der Waals surface area (Å²) in [7, 11) is 1.62. The van der Waals surface area contributed by atoms with Gasteiger partial charge in [-0.25, -0.2) is 0 Å². The molecular formula is C19H26N6O3. The lowest BCUT2D eigenvalue weighted by molar-refractivity contribution is -0.150. The summed E-state index contributed by atoms with van der Waals surface area (Å²) < 4.78 is 10.3. The number of esters is 1. The zero-order chi connectivity index (χ0) is 19.9. The second-order valence-electron chi connectivity index (χ2n) is 6.61. The number of rotatable bonds is 7. The molecule has 2 aromatic rings. The molecule has 0 amide bonds. The number of hydrogen-bond acceptors (Lipinski definition) is 9. The number of piperidine rings is 1. The fraction of sp³-hybridized carbons (Fsp3) is 0.474. The number of anilines is 3. The normalized spacial score (nSPS) is 17.1. The van der Waals surface area contributed by atoms with Gasteiger partial charge in [-0.05, 0) is 50.6 Å². The average Bonchev–Trinajstić information content (AvgIpc) is 2.68. The molecule has 1 aromatic heterocycles. The van der Waals surface area contributed by atoms with Crippen LogP contribution in [0.1, 0.15) is 25.6 Å². The predicted molar refractivity (Wildman–Crippen MR) is 105 cm³/mol. The minimum atomic E-state index is -0.135. The van der Waals surface area contributed by atoms with Crippen LogP contribution in [0, 0.1) is 5.92 Å². The largest absolute Gasteiger partial charge is 0.497 e. The van der Waals surface area contributed by atoms with Crippen molar-refractivity contribution in [1.29, 1.82) is 0 Å². The van der Waals surface area contributed by atoms with Gasteiger partial charge < -0.3 is 20.5 Å². The van der Waals surface area contributed by atoms with Gasteiger partial charge in [0.1, 0.15) is 11.6 Å². The lowest BCUT2D eigenvalue weighted by Crippen LogP contribution is -2.39. The van der Waals surface area contributed by atoms with Crippen LogP contribution in [0.4, 0.5) is 17.6 Å². The molecule has 1 fully saturated rings. The highest BCUT2D eigenvalue weighted by Crippen LogP contribution is 2.21. The molecule has 0 bridgehead atoms. The Balaban J connectivity index is 1.66. The predicted octanol–water partition coefficient (Wildman–Crippen LogP) is 1.98. The third-order valence-electron chi connectivity index (χ3n) is 4.54. The van der Waals surface area contributed by atoms with Gasteiger partial charge in [0.25, 0.3) is 0 Å². The molecule has 9 nitrogen and oxygen atoms in total. The van der Waals surface area contributed by atoms with Gasteiger partial charge in [0.05, 0.1) is 26.2 Å². The molecule has 0 unspecified atom stereocenters. The summed E-state index contributed by atoms with van der Waals surface area (Å²) in [6.07, 6.45) is 1.78. The van der Waals surface area contributed by atoms with Crippen molar-refractivity contribution in [1.82, 2.24) is 19.9 Å².